The van der Waals surface area contributed by atoms with Gasteiger partial charge in [0.05, 0.1) is 17.9 Å². The van der Waals surface area contributed by atoms with Gasteiger partial charge < -0.3 is 20.4 Å². The van der Waals surface area contributed by atoms with Crippen LogP contribution in [0.3, 0.4) is 0 Å². The van der Waals surface area contributed by atoms with Gasteiger partial charge in [-0.05, 0) is 88.3 Å². The van der Waals surface area contributed by atoms with Crippen molar-refractivity contribution >= 4 is 28.8 Å². The Morgan fingerprint density at radius 3 is 2.57 bits per heavy atom. The Kier molecular flexibility index (Phi) is 7.79. The molecule has 5 aliphatic rings. The van der Waals surface area contributed by atoms with Gasteiger partial charge in [-0.3, -0.25) is 14.3 Å². The molecule has 2 aliphatic carbocycles. The van der Waals surface area contributed by atoms with E-state index in [-0.39, 0.29) is 29.3 Å². The van der Waals surface area contributed by atoms with Gasteiger partial charge in [0.15, 0.2) is 11.3 Å². The molecule has 0 radical (unpaired) electrons. The van der Waals surface area contributed by atoms with E-state index in [0.717, 1.165) is 57.9 Å². The van der Waals surface area contributed by atoms with Crippen LogP contribution in [0.25, 0.3) is 5.65 Å². The lowest BCUT2D eigenvalue weighted by Gasteiger charge is -2.44. The molecule has 2 saturated carbocycles. The molecule has 13 heteroatoms. The van der Waals surface area contributed by atoms with Crippen molar-refractivity contribution in [1.82, 2.24) is 34.6 Å². The van der Waals surface area contributed by atoms with Gasteiger partial charge in [-0.1, -0.05) is 0 Å². The highest BCUT2D eigenvalue weighted by Crippen LogP contribution is 2.45. The third-order valence-electron chi connectivity index (χ3n) is 11.7. The maximum atomic E-state index is 14.1. The number of hydrogen-bond acceptors (Lipinski definition) is 8. The van der Waals surface area contributed by atoms with Crippen LogP contribution in [0.1, 0.15) is 92.7 Å². The first-order valence-electron chi connectivity index (χ1n) is 17.1. The summed E-state index contributed by atoms with van der Waals surface area (Å²) in [5.41, 5.74) is 0.698. The molecule has 0 aromatic carbocycles. The molecular formula is C33H43F2N9O2. The highest BCUT2D eigenvalue weighted by molar-refractivity contribution is 6.08. The number of aromatic nitrogens is 5. The van der Waals surface area contributed by atoms with E-state index >= 15 is 0 Å². The molecule has 1 spiro atoms. The second kappa shape index (κ2) is 12.0. The molecular weight excluding hydrogens is 592 g/mol. The van der Waals surface area contributed by atoms with Gasteiger partial charge in [-0.25, -0.2) is 18.3 Å². The number of amides is 1. The van der Waals surface area contributed by atoms with Crippen molar-refractivity contribution in [2.75, 3.05) is 49.5 Å². The van der Waals surface area contributed by atoms with Crippen LogP contribution in [0.4, 0.5) is 20.3 Å². The summed E-state index contributed by atoms with van der Waals surface area (Å²) in [5, 5.41) is 14.7. The summed E-state index contributed by atoms with van der Waals surface area (Å²) >= 11 is 0. The summed E-state index contributed by atoms with van der Waals surface area (Å²) in [4.78, 5) is 34.8. The van der Waals surface area contributed by atoms with E-state index in [4.69, 9.17) is 4.98 Å². The van der Waals surface area contributed by atoms with Crippen molar-refractivity contribution in [3.63, 3.8) is 0 Å². The van der Waals surface area contributed by atoms with Gasteiger partial charge in [0.25, 0.3) is 12.3 Å². The number of rotatable bonds is 7. The number of halogens is 2. The fourth-order valence-electron chi connectivity index (χ4n) is 8.90. The molecule has 11 nitrogen and oxygen atoms in total. The van der Waals surface area contributed by atoms with Crippen LogP contribution in [-0.2, 0) is 4.79 Å². The summed E-state index contributed by atoms with van der Waals surface area (Å²) in [7, 11) is 0. The van der Waals surface area contributed by atoms with Crippen molar-refractivity contribution in [3.8, 4) is 0 Å². The minimum atomic E-state index is -2.83. The van der Waals surface area contributed by atoms with Gasteiger partial charge in [-0.2, -0.15) is 10.2 Å². The van der Waals surface area contributed by atoms with Crippen LogP contribution < -0.4 is 15.5 Å². The number of hydrogen-bond donors (Lipinski definition) is 2. The summed E-state index contributed by atoms with van der Waals surface area (Å²) in [6.07, 6.45) is 12.8. The number of piperidine rings is 3. The van der Waals surface area contributed by atoms with Crippen molar-refractivity contribution in [2.45, 2.75) is 82.7 Å². The predicted molar refractivity (Wildman–Crippen MR) is 168 cm³/mol. The lowest BCUT2D eigenvalue weighted by molar-refractivity contribution is -0.120. The van der Waals surface area contributed by atoms with Crippen LogP contribution >= 0.6 is 0 Å². The predicted octanol–water partition coefficient (Wildman–Crippen LogP) is 4.48. The van der Waals surface area contributed by atoms with Crippen LogP contribution in [0, 0.1) is 17.3 Å². The first-order chi connectivity index (χ1) is 22.3. The number of alkyl halides is 2. The average molecular weight is 636 g/mol. The number of fused-ring (bicyclic) bond motifs is 3. The number of ketones is 1. The molecule has 2 atom stereocenters. The lowest BCUT2D eigenvalue weighted by Crippen LogP contribution is -2.42. The van der Waals surface area contributed by atoms with E-state index in [2.05, 4.69) is 30.6 Å². The first-order valence-corrected chi connectivity index (χ1v) is 17.1. The van der Waals surface area contributed by atoms with Gasteiger partial charge in [-0.15, -0.1) is 0 Å². The van der Waals surface area contributed by atoms with Gasteiger partial charge in [0.2, 0.25) is 0 Å². The van der Waals surface area contributed by atoms with E-state index in [1.165, 1.54) is 49.2 Å². The van der Waals surface area contributed by atoms with Crippen molar-refractivity contribution in [1.29, 1.82) is 0 Å². The molecule has 5 fully saturated rings. The average Bonchev–Trinajstić information content (AvgIpc) is 3.86. The summed E-state index contributed by atoms with van der Waals surface area (Å²) < 4.78 is 31.4. The first kappa shape index (κ1) is 29.9. The monoisotopic (exact) mass is 635 g/mol. The molecule has 2 N–H and O–H groups in total. The zero-order chi connectivity index (χ0) is 31.4. The second-order valence-corrected chi connectivity index (χ2v) is 14.4. The van der Waals surface area contributed by atoms with Crippen LogP contribution in [0.15, 0.2) is 24.7 Å². The number of nitrogens with one attached hydrogen (secondary N) is 2. The maximum absolute atomic E-state index is 14.1. The number of carbonyl (C=O) groups is 2. The Labute approximate surface area is 267 Å². The molecule has 2 bridgehead atoms. The standard InChI is InChI=1S/C33H43F2N9O2/c34-30(35)29-26(38-32(46)25-17-37-43-14-5-28(39-31(25)43)42-19-22-15-24(42)16-27(22)45)20-44(40-29)23-3-12-41(13-4-23)18-21-1-6-33(7-2-21)8-10-36-11-9-33/h5,14,17,20-24,30,36H,1-4,6-13,15-16,18-19H2,(H,38,46)/t22-,24-/m1/s1. The molecule has 3 aliphatic heterocycles. The summed E-state index contributed by atoms with van der Waals surface area (Å²) in [6, 6.07) is 1.96. The second-order valence-electron chi connectivity index (χ2n) is 14.4. The molecule has 0 unspecified atom stereocenters. The van der Waals surface area contributed by atoms with Crippen molar-refractivity contribution in [2.24, 2.45) is 17.3 Å². The number of carbonyl (C=O) groups excluding carboxylic acids is 2. The van der Waals surface area contributed by atoms with E-state index < -0.39 is 18.0 Å². The molecule has 3 saturated heterocycles. The van der Waals surface area contributed by atoms with Crippen molar-refractivity contribution in [3.05, 3.63) is 35.9 Å². The SMILES string of the molecule is O=C(Nc1cn(C2CCN(CC3CCC4(CCNCC4)CC3)CC2)nc1C(F)F)c1cnn2ccc(N3C[C@H]4C[C@@H]3CC4=O)nc12. The maximum Gasteiger partial charge on any atom is 0.284 e. The normalized spacial score (nSPS) is 25.8. The highest BCUT2D eigenvalue weighted by Gasteiger charge is 2.44. The minimum absolute atomic E-state index is 0.00708. The van der Waals surface area contributed by atoms with E-state index in [9.17, 15) is 18.4 Å². The largest absolute Gasteiger partial charge is 0.352 e. The smallest absolute Gasteiger partial charge is 0.284 e. The zero-order valence-corrected chi connectivity index (χ0v) is 26.2. The zero-order valence-electron chi connectivity index (χ0n) is 26.2. The summed E-state index contributed by atoms with van der Waals surface area (Å²) in [5.74, 6) is 1.21. The number of Topliss-reactive ketones (excluding diaryl/α,β-unsaturated/α-hetero) is 1. The molecule has 46 heavy (non-hydrogen) atoms. The quantitative estimate of drug-likeness (QED) is 0.391. The van der Waals surface area contributed by atoms with Crippen LogP contribution in [0.2, 0.25) is 0 Å². The van der Waals surface area contributed by atoms with E-state index in [1.54, 1.807) is 17.1 Å². The Morgan fingerprint density at radius 2 is 1.87 bits per heavy atom. The van der Waals surface area contributed by atoms with E-state index in [1.807, 2.05) is 6.07 Å². The molecule has 6 heterocycles. The Bertz CT molecular complexity index is 1600. The van der Waals surface area contributed by atoms with E-state index in [0.29, 0.717) is 35.6 Å². The number of likely N-dealkylation sites (tertiary alicyclic amines) is 1. The van der Waals surface area contributed by atoms with Crippen LogP contribution in [-0.4, -0.2) is 86.3 Å². The Hall–Kier alpha value is -3.45. The number of nitrogens with zero attached hydrogens (tertiary/aromatic N) is 7. The van der Waals surface area contributed by atoms with Gasteiger partial charge >= 0.3 is 0 Å². The summed E-state index contributed by atoms with van der Waals surface area (Å²) in [6.45, 7) is 5.91. The fourth-order valence-corrected chi connectivity index (χ4v) is 8.90. The third-order valence-corrected chi connectivity index (χ3v) is 11.7. The number of anilines is 2. The Morgan fingerprint density at radius 1 is 1.09 bits per heavy atom. The highest BCUT2D eigenvalue weighted by atomic mass is 19.3. The van der Waals surface area contributed by atoms with Crippen LogP contribution in [0.5, 0.6) is 0 Å². The van der Waals surface area contributed by atoms with Gasteiger partial charge in [0, 0.05) is 57.0 Å². The van der Waals surface area contributed by atoms with Crippen molar-refractivity contribution < 1.29 is 18.4 Å². The lowest BCUT2D eigenvalue weighted by atomic mass is 9.65. The molecule has 1 amide bonds. The minimum Gasteiger partial charge on any atom is -0.352 e. The Balaban J connectivity index is 0.906. The topological polar surface area (TPSA) is 113 Å². The fraction of sp³-hybridized carbons (Fsp3) is 0.667. The molecule has 3 aromatic heterocycles. The van der Waals surface area contributed by atoms with Gasteiger partial charge in [0.1, 0.15) is 17.2 Å². The third kappa shape index (κ3) is 5.59. The molecule has 8 rings (SSSR count). The molecule has 246 valence electrons. The molecule has 3 aromatic rings.